The minimum atomic E-state index is -0.492. The van der Waals surface area contributed by atoms with Crippen LogP contribution in [-0.2, 0) is 0 Å². The normalized spacial score (nSPS) is 18.7. The van der Waals surface area contributed by atoms with Crippen LogP contribution in [0.2, 0.25) is 13.1 Å². The molecule has 0 nitrogen and oxygen atoms in total. The number of hydrogen-bond acceptors (Lipinski definition) is 0. The predicted octanol–water partition coefficient (Wildman–Crippen LogP) is 2.68. The van der Waals surface area contributed by atoms with Gasteiger partial charge in [0.25, 0.3) is 0 Å². The van der Waals surface area contributed by atoms with Gasteiger partial charge >= 0.3 is 0 Å². The van der Waals surface area contributed by atoms with E-state index >= 15 is 0 Å². The molecule has 1 aliphatic rings. The van der Waals surface area contributed by atoms with E-state index in [0.29, 0.717) is 0 Å². The van der Waals surface area contributed by atoms with E-state index in [1.165, 1.54) is 12.0 Å². The fraction of sp³-hybridized carbons (Fsp3) is 0.556. The van der Waals surface area contributed by atoms with E-state index in [4.69, 9.17) is 0 Å². The molecule has 10 heavy (non-hydrogen) atoms. The Kier molecular flexibility index (Phi) is 2.14. The lowest BCUT2D eigenvalue weighted by Gasteiger charge is -2.06. The molecule has 0 bridgehead atoms. The molecule has 0 aromatic heterocycles. The van der Waals surface area contributed by atoms with Gasteiger partial charge in [-0.25, -0.2) is 0 Å². The van der Waals surface area contributed by atoms with E-state index < -0.39 is 8.80 Å². The van der Waals surface area contributed by atoms with Crippen molar-refractivity contribution in [1.29, 1.82) is 0 Å². The van der Waals surface area contributed by atoms with E-state index in [9.17, 15) is 0 Å². The van der Waals surface area contributed by atoms with Crippen molar-refractivity contribution in [3.63, 3.8) is 0 Å². The lowest BCUT2D eigenvalue weighted by Crippen LogP contribution is -2.04. The Labute approximate surface area is 65.3 Å². The monoisotopic (exact) mass is 152 g/mol. The summed E-state index contributed by atoms with van der Waals surface area (Å²) in [4.78, 5) is 0. The molecular weight excluding hydrogens is 136 g/mol. The molecule has 0 radical (unpaired) electrons. The SMILES string of the molecule is CC1=CCC([SiH](C)C)=C1C. The zero-order valence-corrected chi connectivity index (χ0v) is 8.52. The highest BCUT2D eigenvalue weighted by molar-refractivity contribution is 6.64. The first-order valence-corrected chi connectivity index (χ1v) is 6.88. The molecule has 0 atom stereocenters. The van der Waals surface area contributed by atoms with Crippen molar-refractivity contribution in [3.8, 4) is 0 Å². The second-order valence-electron chi connectivity index (χ2n) is 3.40. The van der Waals surface area contributed by atoms with Crippen LogP contribution in [0.4, 0.5) is 0 Å². The van der Waals surface area contributed by atoms with Crippen LogP contribution in [-0.4, -0.2) is 8.80 Å². The summed E-state index contributed by atoms with van der Waals surface area (Å²) >= 11 is 0. The second kappa shape index (κ2) is 2.75. The Bertz CT molecular complexity index is 197. The first-order chi connectivity index (χ1) is 4.63. The maximum absolute atomic E-state index is 2.41. The number of allylic oxidation sites excluding steroid dienone is 4. The molecule has 0 spiro atoms. The van der Waals surface area contributed by atoms with Gasteiger partial charge in [0, 0.05) is 0 Å². The topological polar surface area (TPSA) is 0 Å². The van der Waals surface area contributed by atoms with Crippen molar-refractivity contribution in [2.75, 3.05) is 0 Å². The maximum atomic E-state index is 2.41. The van der Waals surface area contributed by atoms with Crippen LogP contribution in [0.25, 0.3) is 0 Å². The van der Waals surface area contributed by atoms with Gasteiger partial charge < -0.3 is 0 Å². The van der Waals surface area contributed by atoms with Crippen molar-refractivity contribution >= 4 is 8.80 Å². The van der Waals surface area contributed by atoms with E-state index in [0.717, 1.165) is 0 Å². The van der Waals surface area contributed by atoms with Gasteiger partial charge in [0.1, 0.15) is 0 Å². The van der Waals surface area contributed by atoms with Crippen molar-refractivity contribution in [3.05, 3.63) is 22.4 Å². The predicted molar refractivity (Wildman–Crippen MR) is 50.0 cm³/mol. The van der Waals surface area contributed by atoms with Crippen LogP contribution in [0.15, 0.2) is 22.4 Å². The Hall–Kier alpha value is -0.303. The van der Waals surface area contributed by atoms with Gasteiger partial charge in [-0.05, 0) is 20.3 Å². The van der Waals surface area contributed by atoms with E-state index in [2.05, 4.69) is 33.0 Å². The molecule has 0 saturated carbocycles. The number of hydrogen-bond donors (Lipinski definition) is 0. The third-order valence-corrected chi connectivity index (χ3v) is 4.46. The van der Waals surface area contributed by atoms with Crippen LogP contribution in [0.3, 0.4) is 0 Å². The summed E-state index contributed by atoms with van der Waals surface area (Å²) in [7, 11) is -0.492. The molecule has 0 unspecified atom stereocenters. The number of rotatable bonds is 1. The van der Waals surface area contributed by atoms with Crippen molar-refractivity contribution in [1.82, 2.24) is 0 Å². The molecule has 0 fully saturated rings. The van der Waals surface area contributed by atoms with Gasteiger partial charge in [-0.3, -0.25) is 0 Å². The fourth-order valence-electron chi connectivity index (χ4n) is 1.49. The zero-order chi connectivity index (χ0) is 7.72. The lowest BCUT2D eigenvalue weighted by atomic mass is 10.2. The summed E-state index contributed by atoms with van der Waals surface area (Å²) in [5, 5.41) is 1.76. The second-order valence-corrected chi connectivity index (χ2v) is 6.40. The summed E-state index contributed by atoms with van der Waals surface area (Å²) in [6, 6.07) is 0. The largest absolute Gasteiger partial charge is 0.0778 e. The summed E-state index contributed by atoms with van der Waals surface area (Å²) in [6.45, 7) is 9.30. The minimum absolute atomic E-state index is 0.492. The molecule has 0 aliphatic heterocycles. The molecule has 0 aromatic carbocycles. The Morgan fingerprint density at radius 2 is 1.90 bits per heavy atom. The van der Waals surface area contributed by atoms with Crippen molar-refractivity contribution in [2.24, 2.45) is 0 Å². The molecule has 0 amide bonds. The fourth-order valence-corrected chi connectivity index (χ4v) is 3.17. The molecule has 0 N–H and O–H groups in total. The molecule has 1 rings (SSSR count). The molecule has 1 aliphatic carbocycles. The zero-order valence-electron chi connectivity index (χ0n) is 7.36. The summed E-state index contributed by atoms with van der Waals surface area (Å²) in [6.07, 6.45) is 3.61. The van der Waals surface area contributed by atoms with Gasteiger partial charge in [-0.15, -0.1) is 0 Å². The first kappa shape index (κ1) is 7.80. The third kappa shape index (κ3) is 1.24. The quantitative estimate of drug-likeness (QED) is 0.507. The highest BCUT2D eigenvalue weighted by Crippen LogP contribution is 2.26. The summed E-state index contributed by atoms with van der Waals surface area (Å²) < 4.78 is 0. The maximum Gasteiger partial charge on any atom is 0.0603 e. The van der Waals surface area contributed by atoms with Crippen molar-refractivity contribution < 1.29 is 0 Å². The Morgan fingerprint density at radius 1 is 1.30 bits per heavy atom. The molecule has 0 aromatic rings. The van der Waals surface area contributed by atoms with Gasteiger partial charge in [-0.1, -0.05) is 35.5 Å². The summed E-state index contributed by atoms with van der Waals surface area (Å²) in [5.74, 6) is 0. The van der Waals surface area contributed by atoms with E-state index in [1.807, 2.05) is 0 Å². The smallest absolute Gasteiger partial charge is 0.0603 e. The standard InChI is InChI=1S/C9H16Si/c1-7-5-6-9(8(7)2)10(3)4/h5,10H,6H2,1-4H3. The van der Waals surface area contributed by atoms with Gasteiger partial charge in [0.05, 0.1) is 8.80 Å². The molecule has 0 saturated heterocycles. The van der Waals surface area contributed by atoms with E-state index in [-0.39, 0.29) is 0 Å². The molecule has 56 valence electrons. The Morgan fingerprint density at radius 3 is 2.10 bits per heavy atom. The average Bonchev–Trinajstić information content (AvgIpc) is 2.14. The van der Waals surface area contributed by atoms with Crippen molar-refractivity contribution in [2.45, 2.75) is 33.4 Å². The van der Waals surface area contributed by atoms with E-state index in [1.54, 1.807) is 10.8 Å². The lowest BCUT2D eigenvalue weighted by molar-refractivity contribution is 1.34. The highest BCUT2D eigenvalue weighted by Gasteiger charge is 2.13. The van der Waals surface area contributed by atoms with Crippen LogP contribution in [0.1, 0.15) is 20.3 Å². The van der Waals surface area contributed by atoms with Gasteiger partial charge in [0.2, 0.25) is 0 Å². The van der Waals surface area contributed by atoms with Gasteiger partial charge in [0.15, 0.2) is 0 Å². The van der Waals surface area contributed by atoms with Crippen LogP contribution < -0.4 is 0 Å². The average molecular weight is 152 g/mol. The van der Waals surface area contributed by atoms with Gasteiger partial charge in [-0.2, -0.15) is 0 Å². The summed E-state index contributed by atoms with van der Waals surface area (Å²) in [5.41, 5.74) is 3.10. The third-order valence-electron chi connectivity index (χ3n) is 2.40. The molecular formula is C9H16Si. The van der Waals surface area contributed by atoms with Crippen LogP contribution in [0, 0.1) is 0 Å². The highest BCUT2D eigenvalue weighted by atomic mass is 28.3. The molecule has 0 heterocycles. The minimum Gasteiger partial charge on any atom is -0.0778 e. The molecule has 1 heteroatoms. The first-order valence-electron chi connectivity index (χ1n) is 3.99. The van der Waals surface area contributed by atoms with Crippen LogP contribution >= 0.6 is 0 Å². The van der Waals surface area contributed by atoms with Crippen LogP contribution in [0.5, 0.6) is 0 Å². The Balaban J connectivity index is 2.84.